The highest BCUT2D eigenvalue weighted by atomic mass is 35.5. The second kappa shape index (κ2) is 8.02. The van der Waals surface area contributed by atoms with Gasteiger partial charge >= 0.3 is 0 Å². The summed E-state index contributed by atoms with van der Waals surface area (Å²) in [5.41, 5.74) is 1.16. The van der Waals surface area contributed by atoms with Crippen LogP contribution in [0.25, 0.3) is 0 Å². The highest BCUT2D eigenvalue weighted by molar-refractivity contribution is 6.42. The van der Waals surface area contributed by atoms with E-state index in [1.54, 1.807) is 0 Å². The van der Waals surface area contributed by atoms with Gasteiger partial charge in [-0.1, -0.05) is 42.6 Å². The van der Waals surface area contributed by atoms with Crippen molar-refractivity contribution in [2.45, 2.75) is 32.7 Å². The van der Waals surface area contributed by atoms with Crippen LogP contribution in [0.1, 0.15) is 31.7 Å². The highest BCUT2D eigenvalue weighted by Crippen LogP contribution is 2.23. The van der Waals surface area contributed by atoms with Crippen LogP contribution in [0.5, 0.6) is 0 Å². The Bertz CT molecular complexity index is 485. The molecular formula is C16H22Cl2N2O. The van der Waals surface area contributed by atoms with Crippen LogP contribution in [0, 0.1) is 0 Å². The van der Waals surface area contributed by atoms with Crippen molar-refractivity contribution in [3.05, 3.63) is 33.8 Å². The summed E-state index contributed by atoms with van der Waals surface area (Å²) in [4.78, 5) is 16.3. The lowest BCUT2D eigenvalue weighted by Crippen LogP contribution is -2.48. The topological polar surface area (TPSA) is 23.6 Å². The first-order valence-corrected chi connectivity index (χ1v) is 8.30. The van der Waals surface area contributed by atoms with Gasteiger partial charge in [0.15, 0.2) is 0 Å². The summed E-state index contributed by atoms with van der Waals surface area (Å²) in [6, 6.07) is 5.76. The smallest absolute Gasteiger partial charge is 0.222 e. The number of hydrogen-bond donors (Lipinski definition) is 0. The molecule has 1 aliphatic rings. The fourth-order valence-corrected chi connectivity index (χ4v) is 2.86. The van der Waals surface area contributed by atoms with Gasteiger partial charge < -0.3 is 4.90 Å². The van der Waals surface area contributed by atoms with Gasteiger partial charge in [-0.05, 0) is 24.1 Å². The molecule has 1 heterocycles. The summed E-state index contributed by atoms with van der Waals surface area (Å²) in [5, 5.41) is 1.19. The molecule has 1 aromatic carbocycles. The highest BCUT2D eigenvalue weighted by Gasteiger charge is 2.20. The molecule has 1 aromatic rings. The van der Waals surface area contributed by atoms with Gasteiger partial charge in [-0.3, -0.25) is 9.69 Å². The number of halogens is 2. The van der Waals surface area contributed by atoms with Gasteiger partial charge in [0.2, 0.25) is 5.91 Å². The molecular weight excluding hydrogens is 307 g/mol. The molecule has 5 heteroatoms. The number of carbonyl (C=O) groups is 1. The number of hydrogen-bond acceptors (Lipinski definition) is 2. The van der Waals surface area contributed by atoms with Crippen LogP contribution in [0.3, 0.4) is 0 Å². The van der Waals surface area contributed by atoms with Gasteiger partial charge in [-0.25, -0.2) is 0 Å². The minimum Gasteiger partial charge on any atom is -0.340 e. The Morgan fingerprint density at radius 2 is 1.86 bits per heavy atom. The standard InChI is InChI=1S/C16H22Cl2N2O/c1-2-3-4-16(21)20-9-7-19(8-10-20)12-13-5-6-14(17)15(18)11-13/h5-6,11H,2-4,7-10,12H2,1H3. The van der Waals surface area contributed by atoms with Crippen molar-refractivity contribution in [3.63, 3.8) is 0 Å². The monoisotopic (exact) mass is 328 g/mol. The molecule has 2 rings (SSSR count). The minimum absolute atomic E-state index is 0.297. The first kappa shape index (κ1) is 16.6. The quantitative estimate of drug-likeness (QED) is 0.820. The fourth-order valence-electron chi connectivity index (χ4n) is 2.54. The number of carbonyl (C=O) groups excluding carboxylic acids is 1. The molecule has 1 amide bonds. The normalized spacial score (nSPS) is 16.2. The van der Waals surface area contributed by atoms with E-state index in [4.69, 9.17) is 23.2 Å². The summed E-state index contributed by atoms with van der Waals surface area (Å²) in [5.74, 6) is 0.297. The number of unbranched alkanes of at least 4 members (excludes halogenated alkanes) is 1. The molecule has 21 heavy (non-hydrogen) atoms. The molecule has 0 unspecified atom stereocenters. The molecule has 1 saturated heterocycles. The molecule has 1 aliphatic heterocycles. The van der Waals surface area contributed by atoms with Gasteiger partial charge in [0.05, 0.1) is 10.0 Å². The summed E-state index contributed by atoms with van der Waals surface area (Å²) >= 11 is 12.0. The first-order chi connectivity index (χ1) is 10.1. The number of benzene rings is 1. The van der Waals surface area contributed by atoms with E-state index >= 15 is 0 Å². The Kier molecular flexibility index (Phi) is 6.34. The van der Waals surface area contributed by atoms with Gasteiger partial charge in [0, 0.05) is 39.1 Å². The molecule has 0 aliphatic carbocycles. The van der Waals surface area contributed by atoms with Crippen molar-refractivity contribution in [3.8, 4) is 0 Å². The predicted molar refractivity (Wildman–Crippen MR) is 87.8 cm³/mol. The van der Waals surface area contributed by atoms with Crippen molar-refractivity contribution in [2.75, 3.05) is 26.2 Å². The van der Waals surface area contributed by atoms with Crippen molar-refractivity contribution in [2.24, 2.45) is 0 Å². The van der Waals surface area contributed by atoms with E-state index in [0.29, 0.717) is 22.4 Å². The molecule has 0 N–H and O–H groups in total. The minimum atomic E-state index is 0.297. The molecule has 0 saturated carbocycles. The molecule has 116 valence electrons. The average Bonchev–Trinajstić information content (AvgIpc) is 2.49. The van der Waals surface area contributed by atoms with Gasteiger partial charge in [0.25, 0.3) is 0 Å². The van der Waals surface area contributed by atoms with Crippen LogP contribution in [0.15, 0.2) is 18.2 Å². The Hall–Kier alpha value is -0.770. The zero-order valence-corrected chi connectivity index (χ0v) is 14.0. The van der Waals surface area contributed by atoms with Crippen LogP contribution in [-0.2, 0) is 11.3 Å². The molecule has 0 bridgehead atoms. The third-order valence-electron chi connectivity index (χ3n) is 3.86. The second-order valence-electron chi connectivity index (χ2n) is 5.51. The number of piperazine rings is 1. The van der Waals surface area contributed by atoms with Crippen molar-refractivity contribution in [1.82, 2.24) is 9.80 Å². The SMILES string of the molecule is CCCCC(=O)N1CCN(Cc2ccc(Cl)c(Cl)c2)CC1. The van der Waals surface area contributed by atoms with Crippen LogP contribution < -0.4 is 0 Å². The van der Waals surface area contributed by atoms with E-state index < -0.39 is 0 Å². The summed E-state index contributed by atoms with van der Waals surface area (Å²) < 4.78 is 0. The van der Waals surface area contributed by atoms with E-state index in [-0.39, 0.29) is 0 Å². The summed E-state index contributed by atoms with van der Waals surface area (Å²) in [7, 11) is 0. The number of amides is 1. The lowest BCUT2D eigenvalue weighted by atomic mass is 10.2. The third kappa shape index (κ3) is 4.87. The molecule has 0 radical (unpaired) electrons. The fraction of sp³-hybridized carbons (Fsp3) is 0.562. The Morgan fingerprint density at radius 1 is 1.14 bits per heavy atom. The maximum Gasteiger partial charge on any atom is 0.222 e. The molecule has 3 nitrogen and oxygen atoms in total. The van der Waals surface area contributed by atoms with E-state index in [1.165, 1.54) is 0 Å². The number of rotatable bonds is 5. The third-order valence-corrected chi connectivity index (χ3v) is 4.60. The Balaban J connectivity index is 1.81. The van der Waals surface area contributed by atoms with Crippen LogP contribution in [-0.4, -0.2) is 41.9 Å². The predicted octanol–water partition coefficient (Wildman–Crippen LogP) is 3.83. The molecule has 0 spiro atoms. The van der Waals surface area contributed by atoms with Crippen LogP contribution in [0.2, 0.25) is 10.0 Å². The maximum absolute atomic E-state index is 12.0. The maximum atomic E-state index is 12.0. The van der Waals surface area contributed by atoms with Crippen molar-refractivity contribution in [1.29, 1.82) is 0 Å². The average molecular weight is 329 g/mol. The van der Waals surface area contributed by atoms with E-state index in [0.717, 1.165) is 51.1 Å². The number of nitrogens with zero attached hydrogens (tertiary/aromatic N) is 2. The zero-order chi connectivity index (χ0) is 15.2. The van der Waals surface area contributed by atoms with Crippen LogP contribution in [0.4, 0.5) is 0 Å². The van der Waals surface area contributed by atoms with E-state index in [2.05, 4.69) is 11.8 Å². The van der Waals surface area contributed by atoms with E-state index in [9.17, 15) is 4.79 Å². The van der Waals surface area contributed by atoms with Crippen molar-refractivity contribution < 1.29 is 4.79 Å². The Labute approximate surface area is 136 Å². The van der Waals surface area contributed by atoms with E-state index in [1.807, 2.05) is 23.1 Å². The van der Waals surface area contributed by atoms with Gasteiger partial charge in [0.1, 0.15) is 0 Å². The second-order valence-corrected chi connectivity index (χ2v) is 6.32. The molecule has 1 fully saturated rings. The first-order valence-electron chi connectivity index (χ1n) is 7.54. The summed E-state index contributed by atoms with van der Waals surface area (Å²) in [6.07, 6.45) is 2.74. The molecule has 0 aromatic heterocycles. The molecule has 0 atom stereocenters. The van der Waals surface area contributed by atoms with Crippen molar-refractivity contribution >= 4 is 29.1 Å². The largest absolute Gasteiger partial charge is 0.340 e. The summed E-state index contributed by atoms with van der Waals surface area (Å²) in [6.45, 7) is 6.44. The lowest BCUT2D eigenvalue weighted by Gasteiger charge is -2.34. The van der Waals surface area contributed by atoms with Crippen LogP contribution >= 0.6 is 23.2 Å². The van der Waals surface area contributed by atoms with Gasteiger partial charge in [-0.2, -0.15) is 0 Å². The lowest BCUT2D eigenvalue weighted by molar-refractivity contribution is -0.133. The van der Waals surface area contributed by atoms with Gasteiger partial charge in [-0.15, -0.1) is 0 Å². The Morgan fingerprint density at radius 3 is 2.48 bits per heavy atom. The zero-order valence-electron chi connectivity index (χ0n) is 12.4.